The Morgan fingerprint density at radius 1 is 0.892 bits per heavy atom. The molecule has 0 unspecified atom stereocenters. The topological polar surface area (TPSA) is 36.9 Å². The Labute approximate surface area is 215 Å². The minimum Gasteiger partial charge on any atom is -0.468 e. The van der Waals surface area contributed by atoms with Gasteiger partial charge >= 0.3 is 17.8 Å². The van der Waals surface area contributed by atoms with Gasteiger partial charge in [0.05, 0.1) is 18.1 Å². The molecule has 0 spiro atoms. The number of methoxy groups -OCH3 is 1. The molecule has 1 aliphatic carbocycles. The SMILES string of the molecule is COCOc1cc(C)c(C2=C(c3cc(C4OCC(C)(C)CO4)sc3C)C(F)(F)C(F)(F)C2(F)F)c(C)c1. The van der Waals surface area contributed by atoms with Crippen LogP contribution in [-0.2, 0) is 14.2 Å². The smallest absolute Gasteiger partial charge is 0.380 e. The third-order valence-electron chi connectivity index (χ3n) is 6.46. The summed E-state index contributed by atoms with van der Waals surface area (Å²) in [7, 11) is 1.39. The molecule has 0 saturated carbocycles. The number of allylic oxidation sites excluding steroid dienone is 2. The number of alkyl halides is 6. The molecule has 1 aromatic carbocycles. The van der Waals surface area contributed by atoms with Gasteiger partial charge in [-0.3, -0.25) is 0 Å². The van der Waals surface area contributed by atoms with Crippen molar-refractivity contribution in [3.63, 3.8) is 0 Å². The molecule has 0 N–H and O–H groups in total. The van der Waals surface area contributed by atoms with E-state index in [2.05, 4.69) is 0 Å². The molecule has 0 bridgehead atoms. The van der Waals surface area contributed by atoms with Crippen molar-refractivity contribution >= 4 is 22.5 Å². The van der Waals surface area contributed by atoms with Crippen molar-refractivity contribution in [3.05, 3.63) is 50.2 Å². The van der Waals surface area contributed by atoms with Gasteiger partial charge in [-0.05, 0) is 61.2 Å². The Hall–Kier alpha value is -2.08. The first-order valence-corrected chi connectivity index (χ1v) is 12.3. The van der Waals surface area contributed by atoms with Crippen LogP contribution in [0.4, 0.5) is 26.3 Å². The summed E-state index contributed by atoms with van der Waals surface area (Å²) in [4.78, 5) is 0.504. The molecule has 0 amide bonds. The minimum absolute atomic E-state index is 0.0843. The van der Waals surface area contributed by atoms with Gasteiger partial charge in [0, 0.05) is 28.5 Å². The van der Waals surface area contributed by atoms with Crippen LogP contribution < -0.4 is 4.74 Å². The van der Waals surface area contributed by atoms with E-state index < -0.39 is 35.2 Å². The first kappa shape index (κ1) is 27.9. The molecule has 1 aromatic heterocycles. The van der Waals surface area contributed by atoms with Gasteiger partial charge in [0.1, 0.15) is 5.75 Å². The van der Waals surface area contributed by atoms with Crippen LogP contribution in [0.1, 0.15) is 52.1 Å². The molecule has 1 fully saturated rings. The van der Waals surface area contributed by atoms with E-state index in [9.17, 15) is 8.78 Å². The first-order chi connectivity index (χ1) is 17.0. The second-order valence-corrected chi connectivity index (χ2v) is 11.5. The van der Waals surface area contributed by atoms with Crippen LogP contribution in [0.3, 0.4) is 0 Å². The van der Waals surface area contributed by atoms with Crippen LogP contribution in [0.2, 0.25) is 0 Å². The predicted molar refractivity (Wildman–Crippen MR) is 128 cm³/mol. The lowest BCUT2D eigenvalue weighted by molar-refractivity contribution is -0.254. The lowest BCUT2D eigenvalue weighted by Gasteiger charge is -2.34. The van der Waals surface area contributed by atoms with Gasteiger partial charge in [0.15, 0.2) is 13.1 Å². The van der Waals surface area contributed by atoms with E-state index >= 15 is 17.6 Å². The van der Waals surface area contributed by atoms with Crippen molar-refractivity contribution in [1.82, 2.24) is 0 Å². The molecule has 2 heterocycles. The van der Waals surface area contributed by atoms with Gasteiger partial charge in [-0.1, -0.05) is 13.8 Å². The van der Waals surface area contributed by atoms with Crippen molar-refractivity contribution in [3.8, 4) is 5.75 Å². The summed E-state index contributed by atoms with van der Waals surface area (Å²) >= 11 is 0.985. The Morgan fingerprint density at radius 3 is 1.97 bits per heavy atom. The zero-order valence-electron chi connectivity index (χ0n) is 21.2. The highest BCUT2D eigenvalue weighted by atomic mass is 32.1. The van der Waals surface area contributed by atoms with Gasteiger partial charge in [-0.2, -0.15) is 26.3 Å². The van der Waals surface area contributed by atoms with Crippen molar-refractivity contribution in [1.29, 1.82) is 0 Å². The number of hydrogen-bond acceptors (Lipinski definition) is 5. The molecule has 4 rings (SSSR count). The quantitative estimate of drug-likeness (QED) is 0.275. The maximum absolute atomic E-state index is 15.4. The molecule has 0 radical (unpaired) electrons. The van der Waals surface area contributed by atoms with Crippen molar-refractivity contribution in [2.24, 2.45) is 5.41 Å². The minimum atomic E-state index is -5.65. The average Bonchev–Trinajstić information content (AvgIpc) is 3.20. The zero-order valence-corrected chi connectivity index (χ0v) is 22.1. The number of halogens is 6. The average molecular weight is 551 g/mol. The highest BCUT2D eigenvalue weighted by Crippen LogP contribution is 2.66. The van der Waals surface area contributed by atoms with E-state index in [1.165, 1.54) is 46.1 Å². The standard InChI is InChI=1S/C26H28F6O4S/c1-13-7-16(36-12-33-6)8-14(2)19(13)21-20(24(27,28)26(31,32)25(21,29)30)17-9-18(37-15(17)3)22-34-10-23(4,5)11-35-22/h7-9,22H,10-12H2,1-6H3. The summed E-state index contributed by atoms with van der Waals surface area (Å²) in [6, 6.07) is 3.85. The Kier molecular flexibility index (Phi) is 7.01. The number of rotatable bonds is 6. The van der Waals surface area contributed by atoms with Crippen LogP contribution in [0.5, 0.6) is 5.75 Å². The van der Waals surface area contributed by atoms with Crippen LogP contribution in [0.25, 0.3) is 11.1 Å². The first-order valence-electron chi connectivity index (χ1n) is 11.5. The molecule has 1 saturated heterocycles. The summed E-state index contributed by atoms with van der Waals surface area (Å²) in [6.07, 6.45) is -0.911. The van der Waals surface area contributed by atoms with Gasteiger partial charge in [0.25, 0.3) is 0 Å². The molecule has 11 heteroatoms. The van der Waals surface area contributed by atoms with Crippen LogP contribution in [0, 0.1) is 26.2 Å². The fourth-order valence-electron chi connectivity index (χ4n) is 4.67. The van der Waals surface area contributed by atoms with E-state index in [0.29, 0.717) is 18.1 Å². The Bertz CT molecular complexity index is 1200. The van der Waals surface area contributed by atoms with E-state index in [1.807, 2.05) is 13.8 Å². The second kappa shape index (κ2) is 9.29. The fourth-order valence-corrected chi connectivity index (χ4v) is 5.70. The second-order valence-electron chi connectivity index (χ2n) is 10.2. The largest absolute Gasteiger partial charge is 0.468 e. The highest BCUT2D eigenvalue weighted by Gasteiger charge is 2.80. The van der Waals surface area contributed by atoms with Crippen LogP contribution in [-0.4, -0.2) is 44.9 Å². The van der Waals surface area contributed by atoms with Gasteiger partial charge in [-0.25, -0.2) is 0 Å². The summed E-state index contributed by atoms with van der Waals surface area (Å²) in [5.74, 6) is -15.7. The lowest BCUT2D eigenvalue weighted by Crippen LogP contribution is -2.49. The van der Waals surface area contributed by atoms with Gasteiger partial charge < -0.3 is 18.9 Å². The molecule has 2 aliphatic rings. The highest BCUT2D eigenvalue weighted by molar-refractivity contribution is 7.12. The van der Waals surface area contributed by atoms with E-state index in [-0.39, 0.29) is 45.1 Å². The molecule has 37 heavy (non-hydrogen) atoms. The Morgan fingerprint density at radius 2 is 1.43 bits per heavy atom. The number of thiophene rings is 1. The molecular weight excluding hydrogens is 522 g/mol. The summed E-state index contributed by atoms with van der Waals surface area (Å²) in [5.41, 5.74) is -3.64. The zero-order chi connectivity index (χ0) is 27.6. The molecule has 4 nitrogen and oxygen atoms in total. The number of ether oxygens (including phenoxy) is 4. The normalized spacial score (nSPS) is 22.5. The van der Waals surface area contributed by atoms with Gasteiger partial charge in [-0.15, -0.1) is 11.3 Å². The van der Waals surface area contributed by atoms with Crippen molar-refractivity contribution in [2.75, 3.05) is 27.1 Å². The molecular formula is C26H28F6O4S. The summed E-state index contributed by atoms with van der Waals surface area (Å²) in [5, 5.41) is 0. The van der Waals surface area contributed by atoms with Crippen LogP contribution in [0.15, 0.2) is 18.2 Å². The van der Waals surface area contributed by atoms with Crippen molar-refractivity contribution in [2.45, 2.75) is 58.7 Å². The maximum atomic E-state index is 15.4. The molecule has 1 aliphatic heterocycles. The van der Waals surface area contributed by atoms with E-state index in [1.54, 1.807) is 0 Å². The Balaban J connectivity index is 1.92. The lowest BCUT2D eigenvalue weighted by atomic mass is 9.89. The number of benzene rings is 1. The summed E-state index contributed by atoms with van der Waals surface area (Å²) < 4.78 is 113. The molecule has 0 atom stereocenters. The molecule has 204 valence electrons. The predicted octanol–water partition coefficient (Wildman–Crippen LogP) is 7.56. The monoisotopic (exact) mass is 550 g/mol. The van der Waals surface area contributed by atoms with Crippen LogP contribution >= 0.6 is 11.3 Å². The van der Waals surface area contributed by atoms with Gasteiger partial charge in [0.2, 0.25) is 0 Å². The fraction of sp³-hybridized carbons (Fsp3) is 0.538. The third kappa shape index (κ3) is 4.47. The maximum Gasteiger partial charge on any atom is 0.380 e. The van der Waals surface area contributed by atoms with Crippen molar-refractivity contribution < 1.29 is 45.3 Å². The number of hydrogen-bond donors (Lipinski definition) is 0. The summed E-state index contributed by atoms with van der Waals surface area (Å²) in [6.45, 7) is 8.53. The van der Waals surface area contributed by atoms with E-state index in [0.717, 1.165) is 11.3 Å². The third-order valence-corrected chi connectivity index (χ3v) is 7.53. The van der Waals surface area contributed by atoms with E-state index in [4.69, 9.17) is 18.9 Å². The number of aryl methyl sites for hydroxylation is 3. The molecule has 2 aromatic rings.